The van der Waals surface area contributed by atoms with E-state index >= 15 is 0 Å². The van der Waals surface area contributed by atoms with Crippen LogP contribution < -0.4 is 5.73 Å². The Bertz CT molecular complexity index is 545. The second-order valence-electron chi connectivity index (χ2n) is 3.56. The number of hydrogen-bond acceptors (Lipinski definition) is 2. The number of nitrogens with two attached hydrogens (primary N) is 1. The molecule has 0 saturated heterocycles. The predicted octanol–water partition coefficient (Wildman–Crippen LogP) is 2.42. The van der Waals surface area contributed by atoms with Gasteiger partial charge in [-0.15, -0.1) is 0 Å². The maximum absolute atomic E-state index is 7.32. The zero-order chi connectivity index (χ0) is 12.4. The van der Waals surface area contributed by atoms with Gasteiger partial charge in [0, 0.05) is 12.1 Å². The first-order valence-corrected chi connectivity index (χ1v) is 7.03. The van der Waals surface area contributed by atoms with Crippen LogP contribution in [-0.4, -0.2) is 15.4 Å². The first kappa shape index (κ1) is 12.8. The van der Waals surface area contributed by atoms with E-state index in [0.29, 0.717) is 0 Å². The molecule has 0 aliphatic carbocycles. The average Bonchev–Trinajstić information content (AvgIpc) is 2.62. The lowest BCUT2D eigenvalue weighted by Gasteiger charge is -2.05. The third-order valence-corrected chi connectivity index (χ3v) is 5.30. The van der Waals surface area contributed by atoms with Crippen LogP contribution in [0, 0.1) is 12.8 Å². The molecule has 0 aliphatic heterocycles. The molecular weight excluding hydrogens is 442 g/mol. The van der Waals surface area contributed by atoms with E-state index in [1.54, 1.807) is 0 Å². The Labute approximate surface area is 126 Å². The molecule has 2 rings (SSSR count). The van der Waals surface area contributed by atoms with Gasteiger partial charge < -0.3 is 10.3 Å². The van der Waals surface area contributed by atoms with Gasteiger partial charge in [-0.2, -0.15) is 0 Å². The summed E-state index contributed by atoms with van der Waals surface area (Å²) in [6.07, 6.45) is 1.84. The molecule has 1 aromatic carbocycles. The van der Waals surface area contributed by atoms with Crippen LogP contribution in [0.4, 0.5) is 0 Å². The molecule has 0 aliphatic rings. The monoisotopic (exact) mass is 452 g/mol. The van der Waals surface area contributed by atoms with E-state index in [2.05, 4.69) is 54.7 Å². The van der Waals surface area contributed by atoms with Crippen LogP contribution in [0.5, 0.6) is 0 Å². The maximum Gasteiger partial charge on any atom is 0.132 e. The largest absolute Gasteiger partial charge is 0.384 e. The number of imidazole rings is 1. The van der Waals surface area contributed by atoms with Crippen LogP contribution in [0.2, 0.25) is 0 Å². The van der Waals surface area contributed by atoms with Gasteiger partial charge in [-0.05, 0) is 50.7 Å². The van der Waals surface area contributed by atoms with Gasteiger partial charge >= 0.3 is 0 Å². The molecule has 0 unspecified atom stereocenters. The molecule has 0 bridgehead atoms. The van der Waals surface area contributed by atoms with Crippen LogP contribution >= 0.6 is 45.2 Å². The molecule has 1 heterocycles. The van der Waals surface area contributed by atoms with Crippen molar-refractivity contribution in [1.82, 2.24) is 9.55 Å². The summed E-state index contributed by atoms with van der Waals surface area (Å²) >= 11 is 4.50. The van der Waals surface area contributed by atoms with Crippen molar-refractivity contribution in [2.24, 2.45) is 5.73 Å². The van der Waals surface area contributed by atoms with Gasteiger partial charge in [0.05, 0.1) is 6.33 Å². The zero-order valence-electron chi connectivity index (χ0n) is 8.82. The quantitative estimate of drug-likeness (QED) is 0.427. The first-order valence-electron chi connectivity index (χ1n) is 4.87. The first-order chi connectivity index (χ1) is 8.08. The maximum atomic E-state index is 7.32. The summed E-state index contributed by atoms with van der Waals surface area (Å²) in [7, 11) is 0. The van der Waals surface area contributed by atoms with E-state index in [1.807, 2.05) is 30.6 Å². The Hall–Kier alpha value is -0.640. The minimum absolute atomic E-state index is 0.100. The highest BCUT2D eigenvalue weighted by Crippen LogP contribution is 2.15. The summed E-state index contributed by atoms with van der Waals surface area (Å²) in [5.41, 5.74) is 7.33. The van der Waals surface area contributed by atoms with Gasteiger partial charge in [-0.3, -0.25) is 5.41 Å². The topological polar surface area (TPSA) is 67.7 Å². The summed E-state index contributed by atoms with van der Waals surface area (Å²) in [5.74, 6) is 0.100. The van der Waals surface area contributed by atoms with Crippen molar-refractivity contribution in [3.05, 3.63) is 49.1 Å². The predicted molar refractivity (Wildman–Crippen MR) is 84.2 cm³/mol. The van der Waals surface area contributed by atoms with Gasteiger partial charge in [0.25, 0.3) is 0 Å². The number of nitrogens with zero attached hydrogens (tertiary/aromatic N) is 2. The molecule has 0 amide bonds. The van der Waals surface area contributed by atoms with Crippen molar-refractivity contribution >= 4 is 51.0 Å². The third-order valence-electron chi connectivity index (χ3n) is 2.35. The fourth-order valence-electron chi connectivity index (χ4n) is 1.44. The van der Waals surface area contributed by atoms with Crippen LogP contribution in [-0.2, 0) is 6.54 Å². The molecule has 17 heavy (non-hydrogen) atoms. The van der Waals surface area contributed by atoms with Crippen LogP contribution in [0.25, 0.3) is 0 Å². The average molecular weight is 452 g/mol. The van der Waals surface area contributed by atoms with Crippen molar-refractivity contribution < 1.29 is 0 Å². The van der Waals surface area contributed by atoms with E-state index in [1.165, 1.54) is 5.56 Å². The zero-order valence-corrected chi connectivity index (χ0v) is 13.1. The summed E-state index contributed by atoms with van der Waals surface area (Å²) in [4.78, 5) is 4.25. The SMILES string of the molecule is N=C(N)c1ccc(Cn2cnc(I)c2I)cc1. The van der Waals surface area contributed by atoms with E-state index in [9.17, 15) is 0 Å². The number of rotatable bonds is 3. The summed E-state index contributed by atoms with van der Waals surface area (Å²) in [5, 5.41) is 7.32. The van der Waals surface area contributed by atoms with Gasteiger partial charge in [-0.25, -0.2) is 4.98 Å². The molecular formula is C11H10I2N4. The number of amidine groups is 1. The fourth-order valence-corrected chi connectivity index (χ4v) is 2.31. The van der Waals surface area contributed by atoms with E-state index < -0.39 is 0 Å². The van der Waals surface area contributed by atoms with Gasteiger partial charge in [0.15, 0.2) is 0 Å². The summed E-state index contributed by atoms with van der Waals surface area (Å²) < 4.78 is 4.24. The molecule has 0 spiro atoms. The normalized spacial score (nSPS) is 10.5. The van der Waals surface area contributed by atoms with Crippen molar-refractivity contribution in [1.29, 1.82) is 5.41 Å². The molecule has 3 N–H and O–H groups in total. The Morgan fingerprint density at radius 2 is 1.94 bits per heavy atom. The standard InChI is InChI=1S/C11H10I2N4/c12-9-10(13)17(6-16-9)5-7-1-3-8(4-2-7)11(14)15/h1-4,6H,5H2,(H3,14,15). The van der Waals surface area contributed by atoms with E-state index in [-0.39, 0.29) is 5.84 Å². The molecule has 88 valence electrons. The number of hydrogen-bond donors (Lipinski definition) is 2. The lowest BCUT2D eigenvalue weighted by molar-refractivity contribution is 0.777. The second-order valence-corrected chi connectivity index (χ2v) is 5.61. The molecule has 0 atom stereocenters. The summed E-state index contributed by atoms with van der Waals surface area (Å²) in [6.45, 7) is 0.784. The van der Waals surface area contributed by atoms with Crippen molar-refractivity contribution in [2.75, 3.05) is 0 Å². The molecule has 6 heteroatoms. The minimum Gasteiger partial charge on any atom is -0.384 e. The highest BCUT2D eigenvalue weighted by Gasteiger charge is 2.05. The number of halogens is 2. The Morgan fingerprint density at radius 3 is 2.41 bits per heavy atom. The highest BCUT2D eigenvalue weighted by atomic mass is 127. The van der Waals surface area contributed by atoms with Gasteiger partial charge in [-0.1, -0.05) is 24.3 Å². The van der Waals surface area contributed by atoms with Crippen LogP contribution in [0.3, 0.4) is 0 Å². The number of aromatic nitrogens is 2. The van der Waals surface area contributed by atoms with E-state index in [4.69, 9.17) is 11.1 Å². The van der Waals surface area contributed by atoms with Crippen molar-refractivity contribution in [3.63, 3.8) is 0 Å². The lowest BCUT2D eigenvalue weighted by atomic mass is 10.1. The molecule has 2 aromatic rings. The minimum atomic E-state index is 0.100. The van der Waals surface area contributed by atoms with Crippen molar-refractivity contribution in [2.45, 2.75) is 6.54 Å². The summed E-state index contributed by atoms with van der Waals surface area (Å²) in [6, 6.07) is 7.71. The molecule has 0 fully saturated rings. The fraction of sp³-hybridized carbons (Fsp3) is 0.0909. The van der Waals surface area contributed by atoms with Crippen LogP contribution in [0.1, 0.15) is 11.1 Å². The van der Waals surface area contributed by atoms with Crippen molar-refractivity contribution in [3.8, 4) is 0 Å². The second kappa shape index (κ2) is 5.34. The highest BCUT2D eigenvalue weighted by molar-refractivity contribution is 14.1. The molecule has 0 saturated carbocycles. The number of benzene rings is 1. The Morgan fingerprint density at radius 1 is 1.29 bits per heavy atom. The molecule has 0 radical (unpaired) electrons. The molecule has 4 nitrogen and oxygen atoms in total. The smallest absolute Gasteiger partial charge is 0.132 e. The van der Waals surface area contributed by atoms with Gasteiger partial charge in [0.2, 0.25) is 0 Å². The lowest BCUT2D eigenvalue weighted by Crippen LogP contribution is -2.11. The Balaban J connectivity index is 2.19. The van der Waals surface area contributed by atoms with E-state index in [0.717, 1.165) is 19.5 Å². The molecule has 1 aromatic heterocycles. The Kier molecular flexibility index (Phi) is 4.02. The van der Waals surface area contributed by atoms with Crippen LogP contribution in [0.15, 0.2) is 30.6 Å². The number of nitrogens with one attached hydrogen (secondary N) is 1. The van der Waals surface area contributed by atoms with Gasteiger partial charge in [0.1, 0.15) is 13.2 Å². The number of nitrogen functional groups attached to an aromatic ring is 1. The third kappa shape index (κ3) is 2.97.